The molecule has 1 aliphatic rings. The Balaban J connectivity index is 1.64. The number of carboxylic acids is 1. The second kappa shape index (κ2) is 6.62. The highest BCUT2D eigenvalue weighted by Crippen LogP contribution is 2.20. The molecule has 1 N–H and O–H groups in total. The van der Waals surface area contributed by atoms with E-state index in [1.165, 1.54) is 6.07 Å². The van der Waals surface area contributed by atoms with Gasteiger partial charge in [-0.25, -0.2) is 4.79 Å². The summed E-state index contributed by atoms with van der Waals surface area (Å²) in [7, 11) is 0. The number of nitrogens with zero attached hydrogens (tertiary/aromatic N) is 1. The van der Waals surface area contributed by atoms with Gasteiger partial charge in [0.25, 0.3) is 0 Å². The molecule has 0 atom stereocenters. The number of para-hydroxylation sites is 1. The zero-order chi connectivity index (χ0) is 16.2. The van der Waals surface area contributed by atoms with E-state index < -0.39 is 5.97 Å². The standard InChI is InChI=1S/C18H17NO4/c20-17-12-19(8-9-23-15-4-2-1-3-5-15)11-14-10-13(18(21)22)6-7-16(14)17/h1-7,10H,8-9,11-12H2,(H,21,22). The zero-order valence-corrected chi connectivity index (χ0v) is 12.6. The predicted molar refractivity (Wildman–Crippen MR) is 84.9 cm³/mol. The van der Waals surface area contributed by atoms with E-state index in [0.717, 1.165) is 11.3 Å². The highest BCUT2D eigenvalue weighted by atomic mass is 16.5. The average Bonchev–Trinajstić information content (AvgIpc) is 2.55. The summed E-state index contributed by atoms with van der Waals surface area (Å²) in [5, 5.41) is 9.07. The quantitative estimate of drug-likeness (QED) is 0.919. The number of carboxylic acid groups (broad SMARTS) is 1. The molecule has 2 aromatic carbocycles. The van der Waals surface area contributed by atoms with Crippen molar-refractivity contribution in [2.75, 3.05) is 19.7 Å². The Kier molecular flexibility index (Phi) is 4.39. The normalized spacial score (nSPS) is 14.3. The number of ketones is 1. The van der Waals surface area contributed by atoms with Crippen molar-refractivity contribution in [1.82, 2.24) is 4.90 Å². The van der Waals surface area contributed by atoms with Crippen LogP contribution in [-0.4, -0.2) is 41.5 Å². The summed E-state index contributed by atoms with van der Waals surface area (Å²) in [6.45, 7) is 1.97. The number of carbonyl (C=O) groups is 2. The van der Waals surface area contributed by atoms with Crippen LogP contribution in [0.15, 0.2) is 48.5 Å². The summed E-state index contributed by atoms with van der Waals surface area (Å²) < 4.78 is 5.65. The van der Waals surface area contributed by atoms with Crippen molar-refractivity contribution in [3.8, 4) is 5.75 Å². The molecule has 5 nitrogen and oxygen atoms in total. The Morgan fingerprint density at radius 2 is 1.91 bits per heavy atom. The van der Waals surface area contributed by atoms with Gasteiger partial charge >= 0.3 is 5.97 Å². The molecule has 5 heteroatoms. The molecule has 0 aromatic heterocycles. The van der Waals surface area contributed by atoms with Gasteiger partial charge in [0.05, 0.1) is 12.1 Å². The molecule has 0 saturated heterocycles. The smallest absolute Gasteiger partial charge is 0.335 e. The zero-order valence-electron chi connectivity index (χ0n) is 12.6. The van der Waals surface area contributed by atoms with Gasteiger partial charge in [-0.15, -0.1) is 0 Å². The van der Waals surface area contributed by atoms with E-state index >= 15 is 0 Å². The maximum absolute atomic E-state index is 12.2. The number of Topliss-reactive ketones (excluding diaryl/α,β-unsaturated/α-hetero) is 1. The topological polar surface area (TPSA) is 66.8 Å². The van der Waals surface area contributed by atoms with Crippen LogP contribution in [-0.2, 0) is 6.54 Å². The molecule has 0 saturated carbocycles. The summed E-state index contributed by atoms with van der Waals surface area (Å²) >= 11 is 0. The van der Waals surface area contributed by atoms with Gasteiger partial charge in [0.1, 0.15) is 12.4 Å². The van der Waals surface area contributed by atoms with Crippen molar-refractivity contribution in [3.63, 3.8) is 0 Å². The summed E-state index contributed by atoms with van der Waals surface area (Å²) in [4.78, 5) is 25.2. The summed E-state index contributed by atoms with van der Waals surface area (Å²) in [5.74, 6) is -0.169. The molecule has 3 rings (SSSR count). The first-order valence-electron chi connectivity index (χ1n) is 7.43. The number of ether oxygens (including phenoxy) is 1. The first-order chi connectivity index (χ1) is 11.1. The largest absolute Gasteiger partial charge is 0.492 e. The monoisotopic (exact) mass is 311 g/mol. The molecular formula is C18H17NO4. The summed E-state index contributed by atoms with van der Waals surface area (Å²) in [6, 6.07) is 14.2. The van der Waals surface area contributed by atoms with Crippen LogP contribution >= 0.6 is 0 Å². The van der Waals surface area contributed by atoms with Crippen molar-refractivity contribution in [2.45, 2.75) is 6.54 Å². The highest BCUT2D eigenvalue weighted by molar-refractivity contribution is 6.01. The van der Waals surface area contributed by atoms with Crippen LogP contribution in [0.5, 0.6) is 5.75 Å². The van der Waals surface area contributed by atoms with E-state index in [4.69, 9.17) is 9.84 Å². The van der Waals surface area contributed by atoms with E-state index in [-0.39, 0.29) is 11.3 Å². The highest BCUT2D eigenvalue weighted by Gasteiger charge is 2.23. The lowest BCUT2D eigenvalue weighted by Gasteiger charge is -2.27. The number of fused-ring (bicyclic) bond motifs is 1. The predicted octanol–water partition coefficient (Wildman–Crippen LogP) is 2.46. The van der Waals surface area contributed by atoms with Crippen molar-refractivity contribution in [2.24, 2.45) is 0 Å². The molecular weight excluding hydrogens is 294 g/mol. The van der Waals surface area contributed by atoms with Crippen LogP contribution in [0.2, 0.25) is 0 Å². The van der Waals surface area contributed by atoms with E-state index in [1.807, 2.05) is 35.2 Å². The van der Waals surface area contributed by atoms with Crippen LogP contribution in [0, 0.1) is 0 Å². The number of benzene rings is 2. The third-order valence-corrected chi connectivity index (χ3v) is 3.83. The van der Waals surface area contributed by atoms with E-state index in [0.29, 0.717) is 31.8 Å². The Morgan fingerprint density at radius 1 is 1.13 bits per heavy atom. The third kappa shape index (κ3) is 3.57. The minimum absolute atomic E-state index is 0.0166. The number of rotatable bonds is 5. The minimum atomic E-state index is -0.982. The molecule has 0 radical (unpaired) electrons. The van der Waals surface area contributed by atoms with Crippen molar-refractivity contribution < 1.29 is 19.4 Å². The van der Waals surface area contributed by atoms with Gasteiger partial charge < -0.3 is 9.84 Å². The molecule has 2 aromatic rings. The van der Waals surface area contributed by atoms with Gasteiger partial charge in [0.2, 0.25) is 0 Å². The van der Waals surface area contributed by atoms with Crippen molar-refractivity contribution in [3.05, 3.63) is 65.2 Å². The van der Waals surface area contributed by atoms with Gasteiger partial charge in [0, 0.05) is 18.7 Å². The first kappa shape index (κ1) is 15.2. The molecule has 0 bridgehead atoms. The van der Waals surface area contributed by atoms with Crippen LogP contribution in [0.25, 0.3) is 0 Å². The van der Waals surface area contributed by atoms with Crippen LogP contribution in [0.1, 0.15) is 26.3 Å². The second-order valence-corrected chi connectivity index (χ2v) is 5.47. The Labute approximate surface area is 134 Å². The fraction of sp³-hybridized carbons (Fsp3) is 0.222. The molecule has 1 heterocycles. The number of hydrogen-bond acceptors (Lipinski definition) is 4. The second-order valence-electron chi connectivity index (χ2n) is 5.47. The lowest BCUT2D eigenvalue weighted by Crippen LogP contribution is -2.37. The van der Waals surface area contributed by atoms with Gasteiger partial charge in [-0.1, -0.05) is 24.3 Å². The fourth-order valence-electron chi connectivity index (χ4n) is 2.68. The Hall–Kier alpha value is -2.66. The van der Waals surface area contributed by atoms with Crippen LogP contribution in [0.3, 0.4) is 0 Å². The van der Waals surface area contributed by atoms with Crippen LogP contribution in [0.4, 0.5) is 0 Å². The molecule has 1 aliphatic heterocycles. The van der Waals surface area contributed by atoms with Crippen LogP contribution < -0.4 is 4.74 Å². The summed E-state index contributed by atoms with van der Waals surface area (Å²) in [6.07, 6.45) is 0. The maximum Gasteiger partial charge on any atom is 0.335 e. The average molecular weight is 311 g/mol. The molecule has 0 spiro atoms. The number of carbonyl (C=O) groups excluding carboxylic acids is 1. The minimum Gasteiger partial charge on any atom is -0.492 e. The summed E-state index contributed by atoms with van der Waals surface area (Å²) in [5.41, 5.74) is 1.59. The number of aromatic carboxylic acids is 1. The molecule has 118 valence electrons. The first-order valence-corrected chi connectivity index (χ1v) is 7.43. The lowest BCUT2D eigenvalue weighted by molar-refractivity contribution is 0.0695. The molecule has 0 fully saturated rings. The SMILES string of the molecule is O=C(O)c1ccc2c(c1)CN(CCOc1ccccc1)CC2=O. The Morgan fingerprint density at radius 3 is 2.65 bits per heavy atom. The van der Waals surface area contributed by atoms with Gasteiger partial charge in [-0.2, -0.15) is 0 Å². The molecule has 0 aliphatic carbocycles. The van der Waals surface area contributed by atoms with Gasteiger partial charge in [0.15, 0.2) is 5.78 Å². The lowest BCUT2D eigenvalue weighted by atomic mass is 9.96. The molecule has 0 unspecified atom stereocenters. The Bertz CT molecular complexity index is 727. The fourth-order valence-corrected chi connectivity index (χ4v) is 2.68. The van der Waals surface area contributed by atoms with E-state index in [9.17, 15) is 9.59 Å². The van der Waals surface area contributed by atoms with Crippen molar-refractivity contribution >= 4 is 11.8 Å². The van der Waals surface area contributed by atoms with Gasteiger partial charge in [-0.3, -0.25) is 9.69 Å². The molecule has 0 amide bonds. The van der Waals surface area contributed by atoms with Gasteiger partial charge in [-0.05, 0) is 29.8 Å². The van der Waals surface area contributed by atoms with E-state index in [1.54, 1.807) is 12.1 Å². The number of hydrogen-bond donors (Lipinski definition) is 1. The molecule has 23 heavy (non-hydrogen) atoms. The van der Waals surface area contributed by atoms with Crippen molar-refractivity contribution in [1.29, 1.82) is 0 Å². The maximum atomic E-state index is 12.2. The van der Waals surface area contributed by atoms with E-state index in [2.05, 4.69) is 0 Å². The third-order valence-electron chi connectivity index (χ3n) is 3.83.